The molecule has 0 spiro atoms. The zero-order chi connectivity index (χ0) is 18.4. The van der Waals surface area contributed by atoms with Crippen LogP contribution >= 0.6 is 0 Å². The van der Waals surface area contributed by atoms with Gasteiger partial charge < -0.3 is 5.32 Å². The Morgan fingerprint density at radius 2 is 1.84 bits per heavy atom. The van der Waals surface area contributed by atoms with Gasteiger partial charge in [0.25, 0.3) is 15.9 Å². The summed E-state index contributed by atoms with van der Waals surface area (Å²) in [5, 5.41) is 2.73. The van der Waals surface area contributed by atoms with Gasteiger partial charge in [-0.25, -0.2) is 12.8 Å². The average molecular weight is 360 g/mol. The van der Waals surface area contributed by atoms with E-state index in [2.05, 4.69) is 10.0 Å². The van der Waals surface area contributed by atoms with E-state index in [1.165, 1.54) is 18.2 Å². The van der Waals surface area contributed by atoms with Crippen LogP contribution in [0.5, 0.6) is 0 Å². The van der Waals surface area contributed by atoms with Crippen molar-refractivity contribution in [1.82, 2.24) is 0 Å². The summed E-state index contributed by atoms with van der Waals surface area (Å²) in [7, 11) is -4.08. The van der Waals surface area contributed by atoms with Crippen molar-refractivity contribution in [3.8, 4) is 0 Å². The van der Waals surface area contributed by atoms with Gasteiger partial charge in [0.05, 0.1) is 0 Å². The molecule has 0 atom stereocenters. The molecule has 5 nitrogen and oxygen atoms in total. The average Bonchev–Trinajstić information content (AvgIpc) is 2.84. The highest BCUT2D eigenvalue weighted by molar-refractivity contribution is 7.92. The minimum absolute atomic E-state index is 0.222. The largest absolute Gasteiger partial charge is 0.321 e. The molecule has 2 aromatic carbocycles. The van der Waals surface area contributed by atoms with Crippen LogP contribution in [0.4, 0.5) is 15.8 Å². The van der Waals surface area contributed by atoms with Gasteiger partial charge in [0.2, 0.25) is 0 Å². The minimum Gasteiger partial charge on any atom is -0.321 e. The fourth-order valence-corrected chi connectivity index (χ4v) is 3.97. The van der Waals surface area contributed by atoms with Gasteiger partial charge in [0.1, 0.15) is 10.7 Å². The Labute approximate surface area is 145 Å². The number of hydrogen-bond acceptors (Lipinski definition) is 3. The van der Waals surface area contributed by atoms with Crippen LogP contribution in [0, 0.1) is 12.7 Å². The monoisotopic (exact) mass is 360 g/mol. The first-order valence-electron chi connectivity index (χ1n) is 7.61. The number of allylic oxidation sites excluding steroid dienone is 1. The van der Waals surface area contributed by atoms with E-state index in [0.29, 0.717) is 22.4 Å². The number of anilines is 2. The fraction of sp³-hybridized carbons (Fsp3) is 0.167. The summed E-state index contributed by atoms with van der Waals surface area (Å²) in [6.45, 7) is 5.30. The highest BCUT2D eigenvalue weighted by atomic mass is 32.2. The van der Waals surface area contributed by atoms with Gasteiger partial charge in [0.15, 0.2) is 0 Å². The lowest BCUT2D eigenvalue weighted by molar-refractivity contribution is -0.110. The summed E-state index contributed by atoms with van der Waals surface area (Å²) in [5.74, 6) is -1.04. The van der Waals surface area contributed by atoms with E-state index >= 15 is 0 Å². The minimum atomic E-state index is -4.08. The van der Waals surface area contributed by atoms with Crippen molar-refractivity contribution in [2.24, 2.45) is 0 Å². The Balaban J connectivity index is 2.02. The molecule has 1 aliphatic rings. The first kappa shape index (κ1) is 17.2. The van der Waals surface area contributed by atoms with Gasteiger partial charge in [-0.15, -0.1) is 0 Å². The zero-order valence-electron chi connectivity index (χ0n) is 14.0. The predicted molar refractivity (Wildman–Crippen MR) is 95.3 cm³/mol. The third-order valence-electron chi connectivity index (χ3n) is 3.89. The summed E-state index contributed by atoms with van der Waals surface area (Å²) >= 11 is 0. The fourth-order valence-electron chi connectivity index (χ4n) is 2.75. The topological polar surface area (TPSA) is 75.3 Å². The molecular weight excluding hydrogens is 343 g/mol. The molecule has 1 amide bonds. The number of hydrogen-bond donors (Lipinski definition) is 2. The number of sulfonamides is 1. The van der Waals surface area contributed by atoms with Crippen LogP contribution in [0.1, 0.15) is 25.0 Å². The third-order valence-corrected chi connectivity index (χ3v) is 5.29. The molecule has 3 rings (SSSR count). The highest BCUT2D eigenvalue weighted by Gasteiger charge is 2.26. The SMILES string of the molecule is CC(C)=C1C(=O)Nc2ccc(NS(=O)(=O)c3cc(C)ccc3F)cc21. The molecule has 0 unspecified atom stereocenters. The maximum Gasteiger partial charge on any atom is 0.264 e. The molecule has 130 valence electrons. The second kappa shape index (κ2) is 6.00. The van der Waals surface area contributed by atoms with E-state index in [4.69, 9.17) is 0 Å². The summed E-state index contributed by atoms with van der Waals surface area (Å²) in [6.07, 6.45) is 0. The van der Waals surface area contributed by atoms with Crippen molar-refractivity contribution in [3.63, 3.8) is 0 Å². The molecule has 0 radical (unpaired) electrons. The smallest absolute Gasteiger partial charge is 0.264 e. The van der Waals surface area contributed by atoms with Crippen molar-refractivity contribution >= 4 is 32.9 Å². The third kappa shape index (κ3) is 3.15. The summed E-state index contributed by atoms with van der Waals surface area (Å²) < 4.78 is 41.3. The van der Waals surface area contributed by atoms with Crippen LogP contribution in [-0.4, -0.2) is 14.3 Å². The van der Waals surface area contributed by atoms with Crippen molar-refractivity contribution in [2.75, 3.05) is 10.0 Å². The Bertz CT molecular complexity index is 1020. The number of rotatable bonds is 3. The van der Waals surface area contributed by atoms with Crippen LogP contribution < -0.4 is 10.0 Å². The van der Waals surface area contributed by atoms with E-state index < -0.39 is 20.7 Å². The van der Waals surface area contributed by atoms with E-state index in [1.54, 1.807) is 19.1 Å². The van der Waals surface area contributed by atoms with Gasteiger partial charge in [-0.2, -0.15) is 0 Å². The van der Waals surface area contributed by atoms with E-state index in [1.807, 2.05) is 13.8 Å². The highest BCUT2D eigenvalue weighted by Crippen LogP contribution is 2.36. The van der Waals surface area contributed by atoms with Crippen molar-refractivity contribution in [1.29, 1.82) is 0 Å². The summed E-state index contributed by atoms with van der Waals surface area (Å²) in [6, 6.07) is 8.61. The van der Waals surface area contributed by atoms with Crippen molar-refractivity contribution in [2.45, 2.75) is 25.7 Å². The molecule has 2 aromatic rings. The first-order valence-corrected chi connectivity index (χ1v) is 9.09. The van der Waals surface area contributed by atoms with Crippen LogP contribution in [0.2, 0.25) is 0 Å². The van der Waals surface area contributed by atoms with Crippen molar-refractivity contribution in [3.05, 3.63) is 58.9 Å². The van der Waals surface area contributed by atoms with E-state index in [0.717, 1.165) is 11.6 Å². The molecule has 0 aromatic heterocycles. The van der Waals surface area contributed by atoms with Gasteiger partial charge in [-0.05, 0) is 56.7 Å². The number of nitrogens with one attached hydrogen (secondary N) is 2. The lowest BCUT2D eigenvalue weighted by atomic mass is 10.0. The van der Waals surface area contributed by atoms with Crippen LogP contribution in [0.25, 0.3) is 5.57 Å². The maximum atomic E-state index is 13.9. The standard InChI is InChI=1S/C18H17FN2O3S/c1-10(2)17-13-9-12(5-7-15(13)20-18(17)22)21-25(23,24)16-8-11(3)4-6-14(16)19/h4-9,21H,1-3H3,(H,20,22). The normalized spacial score (nSPS) is 13.4. The van der Waals surface area contributed by atoms with Crippen LogP contribution in [0.3, 0.4) is 0 Å². The molecule has 0 bridgehead atoms. The lowest BCUT2D eigenvalue weighted by Crippen LogP contribution is -2.15. The van der Waals surface area contributed by atoms with Gasteiger partial charge in [0, 0.05) is 22.5 Å². The Morgan fingerprint density at radius 3 is 2.52 bits per heavy atom. The molecule has 0 saturated heterocycles. The molecule has 0 fully saturated rings. The molecule has 7 heteroatoms. The number of halogens is 1. The number of aryl methyl sites for hydroxylation is 1. The molecule has 2 N–H and O–H groups in total. The number of benzene rings is 2. The number of carbonyl (C=O) groups is 1. The summed E-state index contributed by atoms with van der Waals surface area (Å²) in [4.78, 5) is 11.6. The van der Waals surface area contributed by atoms with Gasteiger partial charge in [-0.1, -0.05) is 11.6 Å². The van der Waals surface area contributed by atoms with Gasteiger partial charge >= 0.3 is 0 Å². The molecular formula is C18H17FN2O3S. The quantitative estimate of drug-likeness (QED) is 0.820. The molecule has 0 saturated carbocycles. The van der Waals surface area contributed by atoms with Crippen LogP contribution in [0.15, 0.2) is 46.9 Å². The van der Waals surface area contributed by atoms with Crippen LogP contribution in [-0.2, 0) is 14.8 Å². The molecule has 0 aliphatic carbocycles. The Morgan fingerprint density at radius 1 is 1.12 bits per heavy atom. The number of amides is 1. The zero-order valence-corrected chi connectivity index (χ0v) is 14.8. The second-order valence-electron chi connectivity index (χ2n) is 6.13. The van der Waals surface area contributed by atoms with E-state index in [9.17, 15) is 17.6 Å². The first-order chi connectivity index (χ1) is 11.7. The molecule has 1 aliphatic heterocycles. The Hall–Kier alpha value is -2.67. The second-order valence-corrected chi connectivity index (χ2v) is 7.78. The Kier molecular flexibility index (Phi) is 4.12. The summed E-state index contributed by atoms with van der Waals surface area (Å²) in [5.41, 5.74) is 3.46. The number of carbonyl (C=O) groups excluding carboxylic acids is 1. The van der Waals surface area contributed by atoms with Gasteiger partial charge in [-0.3, -0.25) is 9.52 Å². The maximum absolute atomic E-state index is 13.9. The number of fused-ring (bicyclic) bond motifs is 1. The molecule has 1 heterocycles. The predicted octanol–water partition coefficient (Wildman–Crippen LogP) is 3.68. The van der Waals surface area contributed by atoms with Crippen molar-refractivity contribution < 1.29 is 17.6 Å². The lowest BCUT2D eigenvalue weighted by Gasteiger charge is -2.11. The van der Waals surface area contributed by atoms with E-state index in [-0.39, 0.29) is 11.6 Å². The molecule has 25 heavy (non-hydrogen) atoms.